The summed E-state index contributed by atoms with van der Waals surface area (Å²) in [6, 6.07) is 0. The summed E-state index contributed by atoms with van der Waals surface area (Å²) >= 11 is 0. The SMILES string of the molecule is C=C(C)C1CCC(Cc2nn[nH]n2)CC1. The Labute approximate surface area is 90.2 Å². The normalized spacial score (nSPS) is 26.5. The van der Waals surface area contributed by atoms with Crippen LogP contribution in [0.4, 0.5) is 0 Å². The minimum Gasteiger partial charge on any atom is -0.177 e. The van der Waals surface area contributed by atoms with Gasteiger partial charge in [-0.3, -0.25) is 0 Å². The molecule has 4 nitrogen and oxygen atoms in total. The number of aromatic nitrogens is 4. The molecule has 2 rings (SSSR count). The number of hydrogen-bond donors (Lipinski definition) is 1. The molecule has 1 fully saturated rings. The zero-order chi connectivity index (χ0) is 10.7. The molecule has 0 unspecified atom stereocenters. The molecule has 1 aliphatic carbocycles. The lowest BCUT2D eigenvalue weighted by molar-refractivity contribution is 0.297. The van der Waals surface area contributed by atoms with E-state index in [-0.39, 0.29) is 0 Å². The molecule has 0 amide bonds. The van der Waals surface area contributed by atoms with Gasteiger partial charge >= 0.3 is 0 Å². The minimum absolute atomic E-state index is 0.734. The first-order valence-electron chi connectivity index (χ1n) is 5.63. The van der Waals surface area contributed by atoms with Gasteiger partial charge in [0, 0.05) is 6.42 Å². The van der Waals surface area contributed by atoms with Crippen molar-refractivity contribution in [1.29, 1.82) is 0 Å². The molecule has 0 radical (unpaired) electrons. The van der Waals surface area contributed by atoms with Crippen molar-refractivity contribution in [3.63, 3.8) is 0 Å². The van der Waals surface area contributed by atoms with E-state index in [1.54, 1.807) is 0 Å². The summed E-state index contributed by atoms with van der Waals surface area (Å²) in [5, 5.41) is 14.1. The molecule has 1 aliphatic rings. The third kappa shape index (κ3) is 2.64. The van der Waals surface area contributed by atoms with Crippen molar-refractivity contribution < 1.29 is 0 Å². The van der Waals surface area contributed by atoms with Crippen LogP contribution >= 0.6 is 0 Å². The van der Waals surface area contributed by atoms with Gasteiger partial charge in [0.2, 0.25) is 0 Å². The number of hydrogen-bond acceptors (Lipinski definition) is 3. The molecule has 0 saturated heterocycles. The molecule has 1 heterocycles. The van der Waals surface area contributed by atoms with Crippen molar-refractivity contribution in [2.45, 2.75) is 39.0 Å². The van der Waals surface area contributed by atoms with E-state index >= 15 is 0 Å². The first kappa shape index (κ1) is 10.3. The van der Waals surface area contributed by atoms with E-state index < -0.39 is 0 Å². The third-order valence-electron chi connectivity index (χ3n) is 3.40. The van der Waals surface area contributed by atoms with E-state index in [0.29, 0.717) is 0 Å². The van der Waals surface area contributed by atoms with E-state index in [2.05, 4.69) is 34.1 Å². The van der Waals surface area contributed by atoms with Crippen LogP contribution in [0, 0.1) is 11.8 Å². The van der Waals surface area contributed by atoms with Crippen molar-refractivity contribution in [3.05, 3.63) is 18.0 Å². The smallest absolute Gasteiger partial charge is 0.174 e. The number of nitrogens with one attached hydrogen (secondary N) is 1. The fourth-order valence-electron chi connectivity index (χ4n) is 2.39. The van der Waals surface area contributed by atoms with E-state index in [0.717, 1.165) is 24.1 Å². The van der Waals surface area contributed by atoms with E-state index in [4.69, 9.17) is 0 Å². The van der Waals surface area contributed by atoms with Crippen LogP contribution in [0.15, 0.2) is 12.2 Å². The summed E-state index contributed by atoms with van der Waals surface area (Å²) in [4.78, 5) is 0. The largest absolute Gasteiger partial charge is 0.177 e. The predicted molar refractivity (Wildman–Crippen MR) is 58.1 cm³/mol. The van der Waals surface area contributed by atoms with Crippen LogP contribution < -0.4 is 0 Å². The second-order valence-electron chi connectivity index (χ2n) is 4.60. The summed E-state index contributed by atoms with van der Waals surface area (Å²) in [5.41, 5.74) is 1.34. The number of tetrazole rings is 1. The van der Waals surface area contributed by atoms with Crippen LogP contribution in [-0.4, -0.2) is 20.6 Å². The summed E-state index contributed by atoms with van der Waals surface area (Å²) in [7, 11) is 0. The fourth-order valence-corrected chi connectivity index (χ4v) is 2.39. The van der Waals surface area contributed by atoms with Gasteiger partial charge < -0.3 is 0 Å². The van der Waals surface area contributed by atoms with Gasteiger partial charge in [-0.15, -0.1) is 10.2 Å². The topological polar surface area (TPSA) is 54.5 Å². The first-order valence-corrected chi connectivity index (χ1v) is 5.63. The molecule has 82 valence electrons. The van der Waals surface area contributed by atoms with Crippen molar-refractivity contribution in [1.82, 2.24) is 20.6 Å². The van der Waals surface area contributed by atoms with E-state index in [9.17, 15) is 0 Å². The van der Waals surface area contributed by atoms with Gasteiger partial charge in [-0.05, 0) is 44.4 Å². The van der Waals surface area contributed by atoms with Crippen LogP contribution in [-0.2, 0) is 6.42 Å². The van der Waals surface area contributed by atoms with Gasteiger partial charge in [0.15, 0.2) is 5.82 Å². The lowest BCUT2D eigenvalue weighted by atomic mass is 9.78. The Bertz CT molecular complexity index is 309. The van der Waals surface area contributed by atoms with Crippen molar-refractivity contribution in [2.75, 3.05) is 0 Å². The Morgan fingerprint density at radius 1 is 1.40 bits per heavy atom. The van der Waals surface area contributed by atoms with Gasteiger partial charge in [0.05, 0.1) is 0 Å². The molecule has 1 aromatic heterocycles. The van der Waals surface area contributed by atoms with Crippen LogP contribution in [0.2, 0.25) is 0 Å². The Hall–Kier alpha value is -1.19. The van der Waals surface area contributed by atoms with Crippen LogP contribution in [0.1, 0.15) is 38.4 Å². The summed E-state index contributed by atoms with van der Waals surface area (Å²) in [6.07, 6.45) is 6.06. The molecular weight excluding hydrogens is 188 g/mol. The number of nitrogens with zero attached hydrogens (tertiary/aromatic N) is 3. The number of allylic oxidation sites excluding steroid dienone is 1. The van der Waals surface area contributed by atoms with Crippen LogP contribution in [0.3, 0.4) is 0 Å². The second kappa shape index (κ2) is 4.55. The van der Waals surface area contributed by atoms with Crippen LogP contribution in [0.5, 0.6) is 0 Å². The predicted octanol–water partition coefficient (Wildman–Crippen LogP) is 2.12. The zero-order valence-electron chi connectivity index (χ0n) is 9.24. The van der Waals surface area contributed by atoms with Crippen molar-refractivity contribution in [2.24, 2.45) is 11.8 Å². The van der Waals surface area contributed by atoms with E-state index in [1.165, 1.54) is 31.3 Å². The highest BCUT2D eigenvalue weighted by atomic mass is 15.5. The quantitative estimate of drug-likeness (QED) is 0.771. The highest BCUT2D eigenvalue weighted by molar-refractivity contribution is 4.98. The highest BCUT2D eigenvalue weighted by Crippen LogP contribution is 2.33. The van der Waals surface area contributed by atoms with Gasteiger partial charge in [-0.25, -0.2) is 0 Å². The van der Waals surface area contributed by atoms with E-state index in [1.807, 2.05) is 0 Å². The van der Waals surface area contributed by atoms with Crippen molar-refractivity contribution >= 4 is 0 Å². The maximum atomic E-state index is 4.04. The Morgan fingerprint density at radius 3 is 2.67 bits per heavy atom. The Morgan fingerprint density at radius 2 is 2.13 bits per heavy atom. The fraction of sp³-hybridized carbons (Fsp3) is 0.727. The molecule has 0 atom stereocenters. The lowest BCUT2D eigenvalue weighted by Crippen LogP contribution is -2.17. The Balaban J connectivity index is 1.81. The first-order chi connectivity index (χ1) is 7.25. The molecule has 0 spiro atoms. The van der Waals surface area contributed by atoms with Gasteiger partial charge in [0.1, 0.15) is 0 Å². The summed E-state index contributed by atoms with van der Waals surface area (Å²) in [6.45, 7) is 6.18. The average Bonchev–Trinajstić information content (AvgIpc) is 2.71. The molecule has 15 heavy (non-hydrogen) atoms. The lowest BCUT2D eigenvalue weighted by Gasteiger charge is -2.27. The molecule has 1 saturated carbocycles. The standard InChI is InChI=1S/C11H18N4/c1-8(2)10-5-3-9(4-6-10)7-11-12-14-15-13-11/h9-10H,1,3-7H2,2H3,(H,12,13,14,15). The average molecular weight is 206 g/mol. The number of aromatic amines is 1. The molecule has 1 N–H and O–H groups in total. The maximum absolute atomic E-state index is 4.04. The van der Waals surface area contributed by atoms with Crippen molar-refractivity contribution in [3.8, 4) is 0 Å². The monoisotopic (exact) mass is 206 g/mol. The summed E-state index contributed by atoms with van der Waals surface area (Å²) in [5.74, 6) is 2.33. The van der Waals surface area contributed by atoms with Gasteiger partial charge in [0.25, 0.3) is 0 Å². The minimum atomic E-state index is 0.734. The Kier molecular flexibility index (Phi) is 3.14. The molecule has 1 aromatic rings. The zero-order valence-corrected chi connectivity index (χ0v) is 9.24. The number of rotatable bonds is 3. The second-order valence-corrected chi connectivity index (χ2v) is 4.60. The molecule has 4 heteroatoms. The third-order valence-corrected chi connectivity index (χ3v) is 3.40. The molecule has 0 aliphatic heterocycles. The number of H-pyrrole nitrogens is 1. The van der Waals surface area contributed by atoms with Crippen LogP contribution in [0.25, 0.3) is 0 Å². The maximum Gasteiger partial charge on any atom is 0.174 e. The molecule has 0 bridgehead atoms. The highest BCUT2D eigenvalue weighted by Gasteiger charge is 2.22. The molecular formula is C11H18N4. The van der Waals surface area contributed by atoms with Gasteiger partial charge in [-0.2, -0.15) is 5.21 Å². The molecule has 0 aromatic carbocycles. The summed E-state index contributed by atoms with van der Waals surface area (Å²) < 4.78 is 0. The van der Waals surface area contributed by atoms with Gasteiger partial charge in [-0.1, -0.05) is 17.4 Å².